The van der Waals surface area contributed by atoms with Gasteiger partial charge in [0.2, 0.25) is 0 Å². The molecular weight excluding hydrogens is 271 g/mol. The van der Waals surface area contributed by atoms with Crippen molar-refractivity contribution >= 4 is 5.91 Å². The summed E-state index contributed by atoms with van der Waals surface area (Å²) in [4.78, 5) is 12.1. The summed E-state index contributed by atoms with van der Waals surface area (Å²) in [5.41, 5.74) is 1.12. The zero-order valence-corrected chi connectivity index (χ0v) is 12.1. The quantitative estimate of drug-likeness (QED) is 0.889. The predicted octanol–water partition coefficient (Wildman–Crippen LogP) is 2.67. The summed E-state index contributed by atoms with van der Waals surface area (Å²) >= 11 is 0. The summed E-state index contributed by atoms with van der Waals surface area (Å²) in [5, 5.41) is 12.7. The first kappa shape index (κ1) is 15.3. The molecule has 2 rings (SSSR count). The highest BCUT2D eigenvalue weighted by molar-refractivity contribution is 5.92. The molecule has 1 aromatic carbocycles. The van der Waals surface area contributed by atoms with Crippen molar-refractivity contribution in [2.24, 2.45) is 0 Å². The van der Waals surface area contributed by atoms with Crippen LogP contribution in [0.2, 0.25) is 0 Å². The number of benzene rings is 1. The van der Waals surface area contributed by atoms with Crippen molar-refractivity contribution in [3.05, 3.63) is 59.7 Å². The number of rotatable bonds is 5. The largest absolute Gasteiger partial charge is 0.387 e. The lowest BCUT2D eigenvalue weighted by Gasteiger charge is -2.15. The van der Waals surface area contributed by atoms with Gasteiger partial charge in [-0.1, -0.05) is 12.1 Å². The number of carbonyl (C=O) groups is 1. The molecule has 112 valence electrons. The standard InChI is InChI=1S/C16H19FN2O2/c1-11(2)19-9-3-4-14(19)16(21)18-10-15(20)12-5-7-13(17)8-6-12/h3-9,11,15,20H,10H2,1-2H3,(H,18,21). The Bertz CT molecular complexity index is 605. The highest BCUT2D eigenvalue weighted by Crippen LogP contribution is 2.14. The van der Waals surface area contributed by atoms with Gasteiger partial charge < -0.3 is 15.0 Å². The van der Waals surface area contributed by atoms with Crippen LogP contribution in [0.15, 0.2) is 42.6 Å². The zero-order valence-electron chi connectivity index (χ0n) is 12.1. The van der Waals surface area contributed by atoms with E-state index in [1.807, 2.05) is 30.7 Å². The lowest BCUT2D eigenvalue weighted by molar-refractivity contribution is 0.0905. The minimum absolute atomic E-state index is 0.0771. The van der Waals surface area contributed by atoms with Crippen LogP contribution in [0.25, 0.3) is 0 Å². The summed E-state index contributed by atoms with van der Waals surface area (Å²) in [7, 11) is 0. The van der Waals surface area contributed by atoms with Crippen LogP contribution in [0.5, 0.6) is 0 Å². The highest BCUT2D eigenvalue weighted by atomic mass is 19.1. The monoisotopic (exact) mass is 290 g/mol. The smallest absolute Gasteiger partial charge is 0.268 e. The average molecular weight is 290 g/mol. The molecule has 1 amide bonds. The van der Waals surface area contributed by atoms with Gasteiger partial charge in [-0.05, 0) is 43.7 Å². The van der Waals surface area contributed by atoms with E-state index < -0.39 is 6.10 Å². The molecule has 0 aliphatic rings. The van der Waals surface area contributed by atoms with E-state index >= 15 is 0 Å². The Hall–Kier alpha value is -2.14. The van der Waals surface area contributed by atoms with E-state index in [4.69, 9.17) is 0 Å². The van der Waals surface area contributed by atoms with E-state index in [0.29, 0.717) is 11.3 Å². The molecule has 0 bridgehead atoms. The fourth-order valence-electron chi connectivity index (χ4n) is 2.12. The molecule has 4 nitrogen and oxygen atoms in total. The van der Waals surface area contributed by atoms with Crippen LogP contribution in [0, 0.1) is 5.82 Å². The van der Waals surface area contributed by atoms with Crippen LogP contribution in [-0.2, 0) is 0 Å². The second-order valence-corrected chi connectivity index (χ2v) is 5.17. The first-order valence-electron chi connectivity index (χ1n) is 6.87. The summed E-state index contributed by atoms with van der Waals surface area (Å²) in [6.45, 7) is 4.06. The second-order valence-electron chi connectivity index (χ2n) is 5.17. The number of amides is 1. The van der Waals surface area contributed by atoms with Gasteiger partial charge in [-0.15, -0.1) is 0 Å². The third-order valence-electron chi connectivity index (χ3n) is 3.28. The molecule has 21 heavy (non-hydrogen) atoms. The van der Waals surface area contributed by atoms with Gasteiger partial charge in [0.25, 0.3) is 5.91 Å². The van der Waals surface area contributed by atoms with E-state index in [1.54, 1.807) is 6.07 Å². The molecule has 1 aromatic heterocycles. The van der Waals surface area contributed by atoms with E-state index in [-0.39, 0.29) is 24.3 Å². The zero-order chi connectivity index (χ0) is 15.4. The Kier molecular flexibility index (Phi) is 4.75. The summed E-state index contributed by atoms with van der Waals surface area (Å²) in [6.07, 6.45) is 0.979. The number of nitrogens with zero attached hydrogens (tertiary/aromatic N) is 1. The number of aliphatic hydroxyl groups is 1. The molecule has 1 atom stereocenters. The van der Waals surface area contributed by atoms with Crippen LogP contribution in [-0.4, -0.2) is 22.1 Å². The van der Waals surface area contributed by atoms with Crippen LogP contribution in [0.3, 0.4) is 0 Å². The molecule has 0 spiro atoms. The van der Waals surface area contributed by atoms with E-state index in [0.717, 1.165) is 0 Å². The number of halogens is 1. The van der Waals surface area contributed by atoms with Gasteiger partial charge in [0.1, 0.15) is 11.5 Å². The van der Waals surface area contributed by atoms with E-state index in [9.17, 15) is 14.3 Å². The molecule has 1 unspecified atom stereocenters. The topological polar surface area (TPSA) is 54.3 Å². The van der Waals surface area contributed by atoms with Crippen molar-refractivity contribution in [1.29, 1.82) is 0 Å². The molecule has 0 saturated carbocycles. The van der Waals surface area contributed by atoms with Gasteiger partial charge in [0.15, 0.2) is 0 Å². The van der Waals surface area contributed by atoms with Crippen LogP contribution >= 0.6 is 0 Å². The van der Waals surface area contributed by atoms with Gasteiger partial charge >= 0.3 is 0 Å². The minimum atomic E-state index is -0.864. The minimum Gasteiger partial charge on any atom is -0.387 e. The van der Waals surface area contributed by atoms with Gasteiger partial charge in [-0.3, -0.25) is 4.79 Å². The summed E-state index contributed by atoms with van der Waals surface area (Å²) in [6, 6.07) is 9.30. The molecule has 0 fully saturated rings. The second kappa shape index (κ2) is 6.54. The summed E-state index contributed by atoms with van der Waals surface area (Å²) < 4.78 is 14.7. The number of aliphatic hydroxyl groups excluding tert-OH is 1. The third kappa shape index (κ3) is 3.70. The molecule has 0 aliphatic carbocycles. The molecular formula is C16H19FN2O2. The number of hydrogen-bond acceptors (Lipinski definition) is 2. The van der Waals surface area contributed by atoms with Gasteiger partial charge in [-0.25, -0.2) is 4.39 Å². The van der Waals surface area contributed by atoms with Gasteiger partial charge in [0.05, 0.1) is 6.10 Å². The van der Waals surface area contributed by atoms with Crippen LogP contribution in [0.1, 0.15) is 42.0 Å². The Balaban J connectivity index is 1.97. The Morgan fingerprint density at radius 2 is 1.95 bits per heavy atom. The van der Waals surface area contributed by atoms with E-state index in [1.165, 1.54) is 24.3 Å². The van der Waals surface area contributed by atoms with Crippen molar-refractivity contribution in [2.45, 2.75) is 26.0 Å². The number of aromatic nitrogens is 1. The molecule has 0 saturated heterocycles. The normalized spacial score (nSPS) is 12.4. The maximum absolute atomic E-state index is 12.8. The maximum Gasteiger partial charge on any atom is 0.268 e. The maximum atomic E-state index is 12.8. The molecule has 2 N–H and O–H groups in total. The highest BCUT2D eigenvalue weighted by Gasteiger charge is 2.14. The Morgan fingerprint density at radius 3 is 2.57 bits per heavy atom. The molecule has 0 radical (unpaired) electrons. The Labute approximate surface area is 123 Å². The molecule has 5 heteroatoms. The molecule has 0 aliphatic heterocycles. The lowest BCUT2D eigenvalue weighted by atomic mass is 10.1. The summed E-state index contributed by atoms with van der Waals surface area (Å²) in [5.74, 6) is -0.598. The van der Waals surface area contributed by atoms with Crippen LogP contribution in [0.4, 0.5) is 4.39 Å². The van der Waals surface area contributed by atoms with Crippen molar-refractivity contribution in [3.63, 3.8) is 0 Å². The predicted molar refractivity (Wildman–Crippen MR) is 78.5 cm³/mol. The molecule has 1 heterocycles. The van der Waals surface area contributed by atoms with Crippen LogP contribution < -0.4 is 5.32 Å². The van der Waals surface area contributed by atoms with Crippen molar-refractivity contribution in [1.82, 2.24) is 9.88 Å². The van der Waals surface area contributed by atoms with Crippen molar-refractivity contribution in [2.75, 3.05) is 6.54 Å². The fraction of sp³-hybridized carbons (Fsp3) is 0.312. The van der Waals surface area contributed by atoms with Gasteiger partial charge in [-0.2, -0.15) is 0 Å². The average Bonchev–Trinajstić information content (AvgIpc) is 2.95. The lowest BCUT2D eigenvalue weighted by Crippen LogP contribution is -2.30. The number of nitrogens with one attached hydrogen (secondary N) is 1. The number of hydrogen-bond donors (Lipinski definition) is 2. The van der Waals surface area contributed by atoms with E-state index in [2.05, 4.69) is 5.32 Å². The fourth-order valence-corrected chi connectivity index (χ4v) is 2.12. The first-order valence-corrected chi connectivity index (χ1v) is 6.87. The number of carbonyl (C=O) groups excluding carboxylic acids is 1. The van der Waals surface area contributed by atoms with Crippen molar-refractivity contribution in [3.8, 4) is 0 Å². The van der Waals surface area contributed by atoms with Crippen molar-refractivity contribution < 1.29 is 14.3 Å². The molecule has 2 aromatic rings. The SMILES string of the molecule is CC(C)n1cccc1C(=O)NCC(O)c1ccc(F)cc1. The third-order valence-corrected chi connectivity index (χ3v) is 3.28. The van der Waals surface area contributed by atoms with Gasteiger partial charge in [0, 0.05) is 18.8 Å². The first-order chi connectivity index (χ1) is 9.99. The Morgan fingerprint density at radius 1 is 1.29 bits per heavy atom.